The van der Waals surface area contributed by atoms with Crippen LogP contribution in [0.4, 0.5) is 0 Å². The smallest absolute Gasteiger partial charge is 0.317 e. The van der Waals surface area contributed by atoms with Crippen LogP contribution in [0.3, 0.4) is 0 Å². The minimum atomic E-state index is -0.809. The fourth-order valence-corrected chi connectivity index (χ4v) is 2.42. The van der Waals surface area contributed by atoms with Gasteiger partial charge >= 0.3 is 5.97 Å². The third-order valence-electron chi connectivity index (χ3n) is 3.56. The highest BCUT2D eigenvalue weighted by Crippen LogP contribution is 2.28. The van der Waals surface area contributed by atoms with Crippen molar-refractivity contribution in [3.8, 4) is 5.75 Å². The Kier molecular flexibility index (Phi) is 4.81. The molecule has 0 bridgehead atoms. The Morgan fingerprint density at radius 1 is 1.29 bits per heavy atom. The maximum atomic E-state index is 11.0. The van der Waals surface area contributed by atoms with Crippen molar-refractivity contribution in [1.29, 1.82) is 0 Å². The second-order valence-electron chi connectivity index (χ2n) is 5.41. The molecular weight excluding hydrogens is 266 g/mol. The summed E-state index contributed by atoms with van der Waals surface area (Å²) < 4.78 is 5.46. The number of aliphatic carboxylic acids is 1. The number of carboxylic acids is 1. The van der Waals surface area contributed by atoms with Crippen molar-refractivity contribution >= 4 is 16.7 Å². The Bertz CT molecular complexity index is 637. The molecule has 0 saturated heterocycles. The zero-order valence-electron chi connectivity index (χ0n) is 12.7. The molecule has 0 amide bonds. The van der Waals surface area contributed by atoms with Crippen molar-refractivity contribution in [3.63, 3.8) is 0 Å². The maximum Gasteiger partial charge on any atom is 0.317 e. The predicted octanol–water partition coefficient (Wildman–Crippen LogP) is 3.14. The molecule has 0 spiro atoms. The van der Waals surface area contributed by atoms with Gasteiger partial charge in [-0.1, -0.05) is 24.3 Å². The van der Waals surface area contributed by atoms with Gasteiger partial charge in [0.15, 0.2) is 0 Å². The molecule has 2 aromatic rings. The van der Waals surface area contributed by atoms with E-state index in [1.807, 2.05) is 49.1 Å². The van der Waals surface area contributed by atoms with Crippen LogP contribution in [0.1, 0.15) is 19.4 Å². The number of benzene rings is 2. The lowest BCUT2D eigenvalue weighted by molar-refractivity contribution is -0.138. The number of fused-ring (bicyclic) bond motifs is 1. The van der Waals surface area contributed by atoms with Gasteiger partial charge in [-0.25, -0.2) is 0 Å². The number of nitrogens with zero attached hydrogens (tertiary/aromatic N) is 1. The summed E-state index contributed by atoms with van der Waals surface area (Å²) in [6.07, 6.45) is 0. The zero-order chi connectivity index (χ0) is 15.4. The molecule has 112 valence electrons. The average Bonchev–Trinajstić information content (AvgIpc) is 2.45. The van der Waals surface area contributed by atoms with Crippen LogP contribution in [0.2, 0.25) is 0 Å². The standard InChI is InChI=1S/C17H21NO3/c1-12(2)18(11-17(19)20)10-13-8-14-6-4-5-7-15(14)16(9-13)21-3/h4-9,12H,10-11H2,1-3H3,(H,19,20). The van der Waals surface area contributed by atoms with Crippen LogP contribution in [-0.2, 0) is 11.3 Å². The first-order valence-corrected chi connectivity index (χ1v) is 7.02. The van der Waals surface area contributed by atoms with Crippen LogP contribution >= 0.6 is 0 Å². The van der Waals surface area contributed by atoms with Gasteiger partial charge in [-0.05, 0) is 36.9 Å². The molecular formula is C17H21NO3. The summed E-state index contributed by atoms with van der Waals surface area (Å²) in [5.74, 6) is 0.0126. The Labute approximate surface area is 124 Å². The number of hydrogen-bond donors (Lipinski definition) is 1. The third kappa shape index (κ3) is 3.73. The highest BCUT2D eigenvalue weighted by atomic mass is 16.5. The van der Waals surface area contributed by atoms with Crippen molar-refractivity contribution in [1.82, 2.24) is 4.90 Å². The predicted molar refractivity (Wildman–Crippen MR) is 83.7 cm³/mol. The van der Waals surface area contributed by atoms with Gasteiger partial charge in [0.1, 0.15) is 5.75 Å². The minimum Gasteiger partial charge on any atom is -0.496 e. The van der Waals surface area contributed by atoms with Gasteiger partial charge in [0, 0.05) is 18.0 Å². The van der Waals surface area contributed by atoms with Crippen molar-refractivity contribution in [3.05, 3.63) is 42.0 Å². The summed E-state index contributed by atoms with van der Waals surface area (Å²) >= 11 is 0. The van der Waals surface area contributed by atoms with E-state index < -0.39 is 5.97 Å². The first-order chi connectivity index (χ1) is 10.0. The van der Waals surface area contributed by atoms with E-state index in [1.54, 1.807) is 7.11 Å². The number of ether oxygens (including phenoxy) is 1. The number of rotatable bonds is 6. The lowest BCUT2D eigenvalue weighted by atomic mass is 10.0. The third-order valence-corrected chi connectivity index (χ3v) is 3.56. The average molecular weight is 287 g/mol. The second kappa shape index (κ2) is 6.59. The molecule has 1 N–H and O–H groups in total. The molecule has 0 aliphatic heterocycles. The van der Waals surface area contributed by atoms with Gasteiger partial charge in [-0.2, -0.15) is 0 Å². The van der Waals surface area contributed by atoms with E-state index in [4.69, 9.17) is 9.84 Å². The van der Waals surface area contributed by atoms with Crippen LogP contribution in [0.25, 0.3) is 10.8 Å². The maximum absolute atomic E-state index is 11.0. The first-order valence-electron chi connectivity index (χ1n) is 7.02. The van der Waals surface area contributed by atoms with E-state index in [2.05, 4.69) is 6.07 Å². The molecule has 0 atom stereocenters. The largest absolute Gasteiger partial charge is 0.496 e. The molecule has 0 aliphatic rings. The van der Waals surface area contributed by atoms with Gasteiger partial charge < -0.3 is 9.84 Å². The Morgan fingerprint density at radius 2 is 2.00 bits per heavy atom. The number of methoxy groups -OCH3 is 1. The van der Waals surface area contributed by atoms with Crippen LogP contribution in [0.5, 0.6) is 5.75 Å². The van der Waals surface area contributed by atoms with Crippen LogP contribution in [0.15, 0.2) is 36.4 Å². The van der Waals surface area contributed by atoms with Gasteiger partial charge in [-0.3, -0.25) is 9.69 Å². The van der Waals surface area contributed by atoms with E-state index in [0.717, 1.165) is 22.1 Å². The minimum absolute atomic E-state index is 0.0345. The van der Waals surface area contributed by atoms with Gasteiger partial charge in [0.2, 0.25) is 0 Å². The highest BCUT2D eigenvalue weighted by molar-refractivity contribution is 5.89. The lowest BCUT2D eigenvalue weighted by Gasteiger charge is -2.25. The lowest BCUT2D eigenvalue weighted by Crippen LogP contribution is -2.35. The molecule has 4 nitrogen and oxygen atoms in total. The van der Waals surface area contributed by atoms with Crippen molar-refractivity contribution in [2.75, 3.05) is 13.7 Å². The molecule has 0 aliphatic carbocycles. The zero-order valence-corrected chi connectivity index (χ0v) is 12.7. The van der Waals surface area contributed by atoms with E-state index in [-0.39, 0.29) is 12.6 Å². The molecule has 0 heterocycles. The van der Waals surface area contributed by atoms with Crippen molar-refractivity contribution in [2.24, 2.45) is 0 Å². The second-order valence-corrected chi connectivity index (χ2v) is 5.41. The van der Waals surface area contributed by atoms with E-state index in [0.29, 0.717) is 6.54 Å². The Balaban J connectivity index is 2.35. The molecule has 0 aromatic heterocycles. The summed E-state index contributed by atoms with van der Waals surface area (Å²) in [5.41, 5.74) is 1.06. The van der Waals surface area contributed by atoms with Gasteiger partial charge in [0.25, 0.3) is 0 Å². The number of carboxylic acid groups (broad SMARTS) is 1. The molecule has 21 heavy (non-hydrogen) atoms. The van der Waals surface area contributed by atoms with Gasteiger partial charge in [0.05, 0.1) is 13.7 Å². The SMILES string of the molecule is COc1cc(CN(CC(=O)O)C(C)C)cc2ccccc12. The normalized spacial score (nSPS) is 11.3. The molecule has 0 unspecified atom stereocenters. The van der Waals surface area contributed by atoms with Gasteiger partial charge in [-0.15, -0.1) is 0 Å². The summed E-state index contributed by atoms with van der Waals surface area (Å²) in [7, 11) is 1.66. The topological polar surface area (TPSA) is 49.8 Å². The van der Waals surface area contributed by atoms with E-state index in [1.165, 1.54) is 0 Å². The van der Waals surface area contributed by atoms with Crippen molar-refractivity contribution < 1.29 is 14.6 Å². The van der Waals surface area contributed by atoms with Crippen LogP contribution < -0.4 is 4.74 Å². The molecule has 2 rings (SSSR count). The fraction of sp³-hybridized carbons (Fsp3) is 0.353. The molecule has 0 fully saturated rings. The summed E-state index contributed by atoms with van der Waals surface area (Å²) in [6.45, 7) is 4.63. The number of carbonyl (C=O) groups is 1. The Morgan fingerprint density at radius 3 is 2.62 bits per heavy atom. The Hall–Kier alpha value is -2.07. The molecule has 2 aromatic carbocycles. The number of hydrogen-bond acceptors (Lipinski definition) is 3. The summed E-state index contributed by atoms with van der Waals surface area (Å²) in [5, 5.41) is 11.2. The molecule has 4 heteroatoms. The quantitative estimate of drug-likeness (QED) is 0.886. The summed E-state index contributed by atoms with van der Waals surface area (Å²) in [4.78, 5) is 12.9. The van der Waals surface area contributed by atoms with Crippen molar-refractivity contribution in [2.45, 2.75) is 26.4 Å². The molecule has 0 saturated carbocycles. The van der Waals surface area contributed by atoms with E-state index >= 15 is 0 Å². The van der Waals surface area contributed by atoms with E-state index in [9.17, 15) is 4.79 Å². The molecule has 0 radical (unpaired) electrons. The first kappa shape index (κ1) is 15.3. The highest BCUT2D eigenvalue weighted by Gasteiger charge is 2.15. The monoisotopic (exact) mass is 287 g/mol. The van der Waals surface area contributed by atoms with Crippen LogP contribution in [-0.4, -0.2) is 35.7 Å². The van der Waals surface area contributed by atoms with Crippen LogP contribution in [0, 0.1) is 0 Å². The summed E-state index contributed by atoms with van der Waals surface area (Å²) in [6, 6.07) is 12.3. The fourth-order valence-electron chi connectivity index (χ4n) is 2.42.